The molecule has 0 unspecified atom stereocenters. The van der Waals surface area contributed by atoms with E-state index in [2.05, 4.69) is 15.4 Å². The molecule has 1 saturated heterocycles. The van der Waals surface area contributed by atoms with E-state index in [0.29, 0.717) is 29.6 Å². The number of amides is 1. The van der Waals surface area contributed by atoms with Crippen LogP contribution in [0, 0.1) is 0 Å². The number of hydrogen-bond acceptors (Lipinski definition) is 4. The molecule has 0 saturated carbocycles. The molecule has 5 nitrogen and oxygen atoms in total. The maximum Gasteiger partial charge on any atom is 0.234 e. The van der Waals surface area contributed by atoms with Crippen LogP contribution in [-0.4, -0.2) is 35.6 Å². The summed E-state index contributed by atoms with van der Waals surface area (Å²) in [6, 6.07) is 9.23. The minimum Gasteiger partial charge on any atom is -0.356 e. The van der Waals surface area contributed by atoms with Crippen LogP contribution >= 0.6 is 11.6 Å². The molecular formula is C16H18ClN3O2. The third kappa shape index (κ3) is 3.67. The molecule has 1 N–H and O–H groups in total. The second-order valence-corrected chi connectivity index (χ2v) is 5.83. The first-order valence-electron chi connectivity index (χ1n) is 7.42. The molecule has 1 fully saturated rings. The third-order valence-electron chi connectivity index (χ3n) is 3.73. The monoisotopic (exact) mass is 319 g/mol. The summed E-state index contributed by atoms with van der Waals surface area (Å²) >= 11 is 6.13. The molecule has 0 spiro atoms. The average Bonchev–Trinajstić information content (AvgIpc) is 3.17. The molecule has 6 heteroatoms. The Morgan fingerprint density at radius 1 is 1.32 bits per heavy atom. The molecule has 0 radical (unpaired) electrons. The molecule has 22 heavy (non-hydrogen) atoms. The molecule has 1 aliphatic rings. The number of likely N-dealkylation sites (tertiary alicyclic amines) is 1. The van der Waals surface area contributed by atoms with Gasteiger partial charge in [-0.2, -0.15) is 0 Å². The molecule has 0 atom stereocenters. The van der Waals surface area contributed by atoms with Gasteiger partial charge in [0.2, 0.25) is 5.91 Å². The summed E-state index contributed by atoms with van der Waals surface area (Å²) in [7, 11) is 0. The Bertz CT molecular complexity index is 650. The van der Waals surface area contributed by atoms with Gasteiger partial charge in [-0.1, -0.05) is 28.9 Å². The zero-order valence-electron chi connectivity index (χ0n) is 12.2. The summed E-state index contributed by atoms with van der Waals surface area (Å²) < 4.78 is 5.30. The molecule has 2 heterocycles. The predicted molar refractivity (Wildman–Crippen MR) is 84.5 cm³/mol. The molecule has 1 aliphatic heterocycles. The van der Waals surface area contributed by atoms with Crippen LogP contribution in [0.3, 0.4) is 0 Å². The lowest BCUT2D eigenvalue weighted by atomic mass is 10.1. The molecule has 3 rings (SSSR count). The molecule has 1 amide bonds. The highest BCUT2D eigenvalue weighted by atomic mass is 35.5. The lowest BCUT2D eigenvalue weighted by molar-refractivity contribution is -0.122. The van der Waals surface area contributed by atoms with Crippen molar-refractivity contribution < 1.29 is 9.32 Å². The Balaban J connectivity index is 1.55. The standard InChI is InChI=1S/C16H18ClN3O2/c17-14-6-2-1-5-13(14)15-9-12(19-22-15)10-18-16(21)11-20-7-3-4-8-20/h1-2,5-6,9H,3-4,7-8,10-11H2,(H,18,21). The topological polar surface area (TPSA) is 58.4 Å². The van der Waals surface area contributed by atoms with E-state index in [1.165, 1.54) is 12.8 Å². The first kappa shape index (κ1) is 15.1. The highest BCUT2D eigenvalue weighted by Crippen LogP contribution is 2.27. The summed E-state index contributed by atoms with van der Waals surface area (Å²) in [6.07, 6.45) is 2.36. The van der Waals surface area contributed by atoms with Gasteiger partial charge in [-0.25, -0.2) is 0 Å². The Morgan fingerprint density at radius 3 is 2.86 bits per heavy atom. The Hall–Kier alpha value is -1.85. The van der Waals surface area contributed by atoms with Crippen LogP contribution in [0.4, 0.5) is 0 Å². The number of nitrogens with zero attached hydrogens (tertiary/aromatic N) is 2. The lowest BCUT2D eigenvalue weighted by Crippen LogP contribution is -2.35. The van der Waals surface area contributed by atoms with Crippen LogP contribution in [0.2, 0.25) is 5.02 Å². The maximum atomic E-state index is 11.9. The fourth-order valence-electron chi connectivity index (χ4n) is 2.57. The van der Waals surface area contributed by atoms with Crippen LogP contribution in [0.15, 0.2) is 34.9 Å². The largest absolute Gasteiger partial charge is 0.356 e. The van der Waals surface area contributed by atoms with E-state index in [4.69, 9.17) is 16.1 Å². The summed E-state index contributed by atoms with van der Waals surface area (Å²) in [5.41, 5.74) is 1.48. The van der Waals surface area contributed by atoms with Crippen molar-refractivity contribution in [1.29, 1.82) is 0 Å². The van der Waals surface area contributed by atoms with E-state index in [0.717, 1.165) is 18.7 Å². The minimum absolute atomic E-state index is 0.0178. The van der Waals surface area contributed by atoms with Crippen LogP contribution in [0.1, 0.15) is 18.5 Å². The van der Waals surface area contributed by atoms with Crippen molar-refractivity contribution in [2.24, 2.45) is 0 Å². The smallest absolute Gasteiger partial charge is 0.234 e. The van der Waals surface area contributed by atoms with Crippen molar-refractivity contribution in [3.63, 3.8) is 0 Å². The number of carbonyl (C=O) groups excluding carboxylic acids is 1. The third-order valence-corrected chi connectivity index (χ3v) is 4.06. The summed E-state index contributed by atoms with van der Waals surface area (Å²) in [5, 5.41) is 7.46. The number of rotatable bonds is 5. The van der Waals surface area contributed by atoms with Gasteiger partial charge < -0.3 is 9.84 Å². The van der Waals surface area contributed by atoms with Crippen LogP contribution in [0.25, 0.3) is 11.3 Å². The van der Waals surface area contributed by atoms with E-state index in [1.807, 2.05) is 18.2 Å². The second-order valence-electron chi connectivity index (χ2n) is 5.42. The second kappa shape index (κ2) is 6.94. The molecule has 2 aromatic rings. The predicted octanol–water partition coefficient (Wildman–Crippen LogP) is 2.71. The van der Waals surface area contributed by atoms with Gasteiger partial charge in [0.15, 0.2) is 5.76 Å². The van der Waals surface area contributed by atoms with Crippen molar-refractivity contribution in [3.8, 4) is 11.3 Å². The van der Waals surface area contributed by atoms with Gasteiger partial charge in [0.05, 0.1) is 18.1 Å². The van der Waals surface area contributed by atoms with Gasteiger partial charge in [-0.15, -0.1) is 0 Å². The van der Waals surface area contributed by atoms with Crippen molar-refractivity contribution in [2.75, 3.05) is 19.6 Å². The van der Waals surface area contributed by atoms with Gasteiger partial charge >= 0.3 is 0 Å². The number of aromatic nitrogens is 1. The fraction of sp³-hybridized carbons (Fsp3) is 0.375. The quantitative estimate of drug-likeness (QED) is 0.920. The SMILES string of the molecule is O=C(CN1CCCC1)NCc1cc(-c2ccccc2Cl)on1. The molecule has 1 aromatic heterocycles. The van der Waals surface area contributed by atoms with Crippen molar-refractivity contribution in [3.05, 3.63) is 41.0 Å². The van der Waals surface area contributed by atoms with Crippen LogP contribution in [0.5, 0.6) is 0 Å². The molecular weight excluding hydrogens is 302 g/mol. The summed E-state index contributed by atoms with van der Waals surface area (Å²) in [4.78, 5) is 14.0. The fourth-order valence-corrected chi connectivity index (χ4v) is 2.80. The number of nitrogens with one attached hydrogen (secondary N) is 1. The molecule has 116 valence electrons. The Morgan fingerprint density at radius 2 is 2.09 bits per heavy atom. The number of carbonyl (C=O) groups is 1. The van der Waals surface area contributed by atoms with Gasteiger partial charge in [0.1, 0.15) is 5.69 Å². The zero-order chi connectivity index (χ0) is 15.4. The van der Waals surface area contributed by atoms with E-state index in [-0.39, 0.29) is 5.91 Å². The van der Waals surface area contributed by atoms with Crippen molar-refractivity contribution in [1.82, 2.24) is 15.4 Å². The Kier molecular flexibility index (Phi) is 4.75. The summed E-state index contributed by atoms with van der Waals surface area (Å²) in [6.45, 7) is 2.83. The number of benzene rings is 1. The van der Waals surface area contributed by atoms with Gasteiger partial charge in [-0.05, 0) is 38.1 Å². The van der Waals surface area contributed by atoms with Crippen LogP contribution in [-0.2, 0) is 11.3 Å². The lowest BCUT2D eigenvalue weighted by Gasteiger charge is -2.13. The minimum atomic E-state index is 0.0178. The van der Waals surface area contributed by atoms with Gasteiger partial charge in [-0.3, -0.25) is 9.69 Å². The average molecular weight is 320 g/mol. The maximum absolute atomic E-state index is 11.9. The van der Waals surface area contributed by atoms with E-state index in [9.17, 15) is 4.79 Å². The van der Waals surface area contributed by atoms with Gasteiger partial charge in [0.25, 0.3) is 0 Å². The highest BCUT2D eigenvalue weighted by Gasteiger charge is 2.15. The first-order chi connectivity index (χ1) is 10.7. The highest BCUT2D eigenvalue weighted by molar-refractivity contribution is 6.33. The number of halogens is 1. The van der Waals surface area contributed by atoms with E-state index >= 15 is 0 Å². The van der Waals surface area contributed by atoms with Crippen molar-refractivity contribution in [2.45, 2.75) is 19.4 Å². The van der Waals surface area contributed by atoms with E-state index < -0.39 is 0 Å². The van der Waals surface area contributed by atoms with Gasteiger partial charge in [0, 0.05) is 11.6 Å². The molecule has 0 bridgehead atoms. The summed E-state index contributed by atoms with van der Waals surface area (Å²) in [5.74, 6) is 0.624. The molecule has 0 aliphatic carbocycles. The first-order valence-corrected chi connectivity index (χ1v) is 7.80. The number of hydrogen-bond donors (Lipinski definition) is 1. The molecule has 1 aromatic carbocycles. The Labute approximate surface area is 134 Å². The zero-order valence-corrected chi connectivity index (χ0v) is 13.0. The normalized spacial score (nSPS) is 15.1. The van der Waals surface area contributed by atoms with Crippen molar-refractivity contribution >= 4 is 17.5 Å². The van der Waals surface area contributed by atoms with E-state index in [1.54, 1.807) is 12.1 Å². The van der Waals surface area contributed by atoms with Crippen LogP contribution < -0.4 is 5.32 Å².